The number of Topliss-reactive ketones (excluding diaryl/α,β-unsaturated/α-hetero) is 1. The van der Waals surface area contributed by atoms with Crippen LogP contribution in [-0.2, 0) is 11.8 Å². The fourth-order valence-electron chi connectivity index (χ4n) is 2.09. The SMILES string of the molecule is CC(C)(C)c1ccc(C(=O)CCc2ccccn2)cc1. The van der Waals surface area contributed by atoms with Gasteiger partial charge in [0.2, 0.25) is 0 Å². The zero-order valence-electron chi connectivity index (χ0n) is 12.4. The number of ketones is 1. The van der Waals surface area contributed by atoms with Crippen molar-refractivity contribution in [3.8, 4) is 0 Å². The third-order valence-electron chi connectivity index (χ3n) is 3.41. The van der Waals surface area contributed by atoms with E-state index in [0.717, 1.165) is 11.3 Å². The molecule has 0 aliphatic rings. The summed E-state index contributed by atoms with van der Waals surface area (Å²) in [6.45, 7) is 6.51. The zero-order chi connectivity index (χ0) is 14.6. The van der Waals surface area contributed by atoms with Crippen LogP contribution in [0.15, 0.2) is 48.7 Å². The lowest BCUT2D eigenvalue weighted by Gasteiger charge is -2.18. The Morgan fingerprint density at radius 3 is 2.30 bits per heavy atom. The first-order valence-electron chi connectivity index (χ1n) is 7.00. The van der Waals surface area contributed by atoms with E-state index < -0.39 is 0 Å². The third kappa shape index (κ3) is 3.77. The molecular formula is C18H21NO. The second-order valence-electron chi connectivity index (χ2n) is 6.07. The van der Waals surface area contributed by atoms with Gasteiger partial charge < -0.3 is 0 Å². The van der Waals surface area contributed by atoms with E-state index in [1.807, 2.05) is 42.5 Å². The second kappa shape index (κ2) is 6.00. The van der Waals surface area contributed by atoms with Gasteiger partial charge in [0.05, 0.1) is 0 Å². The van der Waals surface area contributed by atoms with Crippen molar-refractivity contribution in [1.29, 1.82) is 0 Å². The van der Waals surface area contributed by atoms with Gasteiger partial charge in [0.25, 0.3) is 0 Å². The van der Waals surface area contributed by atoms with Gasteiger partial charge in [-0.3, -0.25) is 9.78 Å². The molecule has 1 aromatic carbocycles. The molecule has 0 spiro atoms. The highest BCUT2D eigenvalue weighted by molar-refractivity contribution is 5.96. The number of rotatable bonds is 4. The van der Waals surface area contributed by atoms with Crippen LogP contribution in [0.2, 0.25) is 0 Å². The number of hydrogen-bond acceptors (Lipinski definition) is 2. The van der Waals surface area contributed by atoms with Crippen molar-refractivity contribution in [3.63, 3.8) is 0 Å². The van der Waals surface area contributed by atoms with E-state index in [2.05, 4.69) is 25.8 Å². The third-order valence-corrected chi connectivity index (χ3v) is 3.41. The average molecular weight is 267 g/mol. The van der Waals surface area contributed by atoms with E-state index in [9.17, 15) is 4.79 Å². The molecule has 0 saturated carbocycles. The van der Waals surface area contributed by atoms with Crippen LogP contribution >= 0.6 is 0 Å². The van der Waals surface area contributed by atoms with Crippen molar-refractivity contribution in [2.24, 2.45) is 0 Å². The highest BCUT2D eigenvalue weighted by atomic mass is 16.1. The minimum atomic E-state index is 0.121. The van der Waals surface area contributed by atoms with E-state index in [4.69, 9.17) is 0 Å². The zero-order valence-corrected chi connectivity index (χ0v) is 12.4. The number of carbonyl (C=O) groups is 1. The maximum absolute atomic E-state index is 12.2. The molecule has 0 saturated heterocycles. The molecule has 20 heavy (non-hydrogen) atoms. The summed E-state index contributed by atoms with van der Waals surface area (Å²) < 4.78 is 0. The molecule has 1 heterocycles. The second-order valence-corrected chi connectivity index (χ2v) is 6.07. The van der Waals surface area contributed by atoms with Crippen molar-refractivity contribution < 1.29 is 4.79 Å². The fourth-order valence-corrected chi connectivity index (χ4v) is 2.09. The largest absolute Gasteiger partial charge is 0.294 e. The topological polar surface area (TPSA) is 30.0 Å². The molecule has 1 aromatic heterocycles. The Morgan fingerprint density at radius 2 is 1.75 bits per heavy atom. The molecule has 0 bridgehead atoms. The smallest absolute Gasteiger partial charge is 0.163 e. The van der Waals surface area contributed by atoms with Crippen LogP contribution in [0.4, 0.5) is 0 Å². The van der Waals surface area contributed by atoms with Crippen LogP contribution < -0.4 is 0 Å². The van der Waals surface area contributed by atoms with Gasteiger partial charge in [-0.1, -0.05) is 51.1 Å². The number of carbonyl (C=O) groups excluding carboxylic acids is 1. The Hall–Kier alpha value is -1.96. The van der Waals surface area contributed by atoms with Crippen LogP contribution in [0.25, 0.3) is 0 Å². The number of pyridine rings is 1. The summed E-state index contributed by atoms with van der Waals surface area (Å²) in [5, 5.41) is 0. The number of benzene rings is 1. The van der Waals surface area contributed by atoms with Crippen LogP contribution in [0.5, 0.6) is 0 Å². The molecule has 0 radical (unpaired) electrons. The minimum absolute atomic E-state index is 0.121. The average Bonchev–Trinajstić information content (AvgIpc) is 2.45. The lowest BCUT2D eigenvalue weighted by Crippen LogP contribution is -2.11. The summed E-state index contributed by atoms with van der Waals surface area (Å²) in [7, 11) is 0. The lowest BCUT2D eigenvalue weighted by atomic mass is 9.86. The maximum atomic E-state index is 12.2. The summed E-state index contributed by atoms with van der Waals surface area (Å²) in [6.07, 6.45) is 2.96. The maximum Gasteiger partial charge on any atom is 0.163 e. The summed E-state index contributed by atoms with van der Waals surface area (Å²) in [4.78, 5) is 16.4. The molecule has 0 aliphatic carbocycles. The molecule has 2 aromatic rings. The van der Waals surface area contributed by atoms with Gasteiger partial charge in [0.15, 0.2) is 5.78 Å². The molecule has 2 nitrogen and oxygen atoms in total. The monoisotopic (exact) mass is 267 g/mol. The van der Waals surface area contributed by atoms with Crippen molar-refractivity contribution in [3.05, 3.63) is 65.5 Å². The van der Waals surface area contributed by atoms with Crippen LogP contribution in [0.1, 0.15) is 48.8 Å². The van der Waals surface area contributed by atoms with Gasteiger partial charge >= 0.3 is 0 Å². The normalized spacial score (nSPS) is 11.3. The Labute approximate surface area is 120 Å². The van der Waals surface area contributed by atoms with Crippen molar-refractivity contribution in [2.45, 2.75) is 39.0 Å². The molecule has 0 aliphatic heterocycles. The molecular weight excluding hydrogens is 246 g/mol. The van der Waals surface area contributed by atoms with E-state index in [1.54, 1.807) is 6.20 Å². The lowest BCUT2D eigenvalue weighted by molar-refractivity contribution is 0.0982. The molecule has 0 N–H and O–H groups in total. The standard InChI is InChI=1S/C18H21NO/c1-18(2,3)15-9-7-14(8-10-15)17(20)12-11-16-6-4-5-13-19-16/h4-10,13H,11-12H2,1-3H3. The molecule has 0 amide bonds. The first kappa shape index (κ1) is 14.4. The number of hydrogen-bond donors (Lipinski definition) is 0. The predicted octanol–water partition coefficient (Wildman–Crippen LogP) is 4.19. The van der Waals surface area contributed by atoms with Gasteiger partial charge in [-0.2, -0.15) is 0 Å². The van der Waals surface area contributed by atoms with Crippen LogP contribution in [0, 0.1) is 0 Å². The molecule has 0 atom stereocenters. The van der Waals surface area contributed by atoms with Gasteiger partial charge in [-0.25, -0.2) is 0 Å². The Bertz CT molecular complexity index is 565. The molecule has 104 valence electrons. The van der Waals surface area contributed by atoms with Crippen molar-refractivity contribution in [2.75, 3.05) is 0 Å². The fraction of sp³-hybridized carbons (Fsp3) is 0.333. The van der Waals surface area contributed by atoms with Crippen LogP contribution in [0.3, 0.4) is 0 Å². The molecule has 2 heteroatoms. The quantitative estimate of drug-likeness (QED) is 0.777. The Kier molecular flexibility index (Phi) is 4.33. The van der Waals surface area contributed by atoms with E-state index >= 15 is 0 Å². The molecule has 2 rings (SSSR count). The first-order valence-corrected chi connectivity index (χ1v) is 7.00. The van der Waals surface area contributed by atoms with E-state index in [1.165, 1.54) is 5.56 Å². The van der Waals surface area contributed by atoms with Gasteiger partial charge in [-0.05, 0) is 29.5 Å². The summed E-state index contributed by atoms with van der Waals surface area (Å²) in [5.74, 6) is 0.177. The summed E-state index contributed by atoms with van der Waals surface area (Å²) >= 11 is 0. The van der Waals surface area contributed by atoms with Crippen LogP contribution in [-0.4, -0.2) is 10.8 Å². The summed E-state index contributed by atoms with van der Waals surface area (Å²) in [5.41, 5.74) is 3.12. The van der Waals surface area contributed by atoms with Crippen molar-refractivity contribution >= 4 is 5.78 Å². The summed E-state index contributed by atoms with van der Waals surface area (Å²) in [6, 6.07) is 13.8. The van der Waals surface area contributed by atoms with Crippen molar-refractivity contribution in [1.82, 2.24) is 4.98 Å². The number of aromatic nitrogens is 1. The van der Waals surface area contributed by atoms with E-state index in [-0.39, 0.29) is 11.2 Å². The highest BCUT2D eigenvalue weighted by Crippen LogP contribution is 2.22. The number of nitrogens with zero attached hydrogens (tertiary/aromatic N) is 1. The molecule has 0 fully saturated rings. The highest BCUT2D eigenvalue weighted by Gasteiger charge is 2.14. The van der Waals surface area contributed by atoms with E-state index in [0.29, 0.717) is 12.8 Å². The Morgan fingerprint density at radius 1 is 1.05 bits per heavy atom. The van der Waals surface area contributed by atoms with Gasteiger partial charge in [0.1, 0.15) is 0 Å². The van der Waals surface area contributed by atoms with Gasteiger partial charge in [0, 0.05) is 23.9 Å². The number of aryl methyl sites for hydroxylation is 1. The Balaban J connectivity index is 1.99. The predicted molar refractivity (Wildman–Crippen MR) is 82.0 cm³/mol. The van der Waals surface area contributed by atoms with Gasteiger partial charge in [-0.15, -0.1) is 0 Å². The minimum Gasteiger partial charge on any atom is -0.294 e. The first-order chi connectivity index (χ1) is 9.47. The molecule has 0 unspecified atom stereocenters.